The summed E-state index contributed by atoms with van der Waals surface area (Å²) in [5.41, 5.74) is 3.00. The number of rotatable bonds is 8. The van der Waals surface area contributed by atoms with Crippen molar-refractivity contribution in [1.29, 1.82) is 0 Å². The Hall–Kier alpha value is -2.64. The van der Waals surface area contributed by atoms with E-state index < -0.39 is 5.97 Å². The van der Waals surface area contributed by atoms with Crippen LogP contribution >= 0.6 is 27.5 Å². The highest BCUT2D eigenvalue weighted by atomic mass is 79.9. The number of halogens is 2. The molecule has 2 heterocycles. The van der Waals surface area contributed by atoms with E-state index in [-0.39, 0.29) is 24.8 Å². The van der Waals surface area contributed by atoms with Crippen LogP contribution in [-0.2, 0) is 4.79 Å². The number of nitrogens with zero attached hydrogens (tertiary/aromatic N) is 2. The molecule has 1 fully saturated rings. The molecule has 0 radical (unpaired) electrons. The van der Waals surface area contributed by atoms with Gasteiger partial charge in [-0.2, -0.15) is 0 Å². The number of hydrogen-bond acceptors (Lipinski definition) is 5. The van der Waals surface area contributed by atoms with Gasteiger partial charge >= 0.3 is 0 Å². The first-order chi connectivity index (χ1) is 16.3. The van der Waals surface area contributed by atoms with Crippen LogP contribution in [0.15, 0.2) is 46.9 Å². The molecule has 34 heavy (non-hydrogen) atoms. The van der Waals surface area contributed by atoms with Gasteiger partial charge in [-0.1, -0.05) is 45.7 Å². The maximum Gasteiger partial charge on any atom is 0.252 e. The number of aromatic nitrogens is 1. The number of carboxylic acid groups (broad SMARTS) is 1. The molecule has 1 atom stereocenters. The number of amides is 1. The predicted octanol–water partition coefficient (Wildman–Crippen LogP) is 4.60. The molecule has 1 saturated heterocycles. The summed E-state index contributed by atoms with van der Waals surface area (Å²) < 4.78 is 0.868. The zero-order valence-electron chi connectivity index (χ0n) is 18.9. The lowest BCUT2D eigenvalue weighted by Gasteiger charge is -2.23. The highest BCUT2D eigenvalue weighted by molar-refractivity contribution is 9.10. The number of benzene rings is 2. The Morgan fingerprint density at radius 2 is 1.94 bits per heavy atom. The van der Waals surface area contributed by atoms with Gasteiger partial charge < -0.3 is 20.1 Å². The van der Waals surface area contributed by atoms with E-state index >= 15 is 0 Å². The second-order valence-electron chi connectivity index (χ2n) is 8.63. The lowest BCUT2D eigenvalue weighted by atomic mass is 9.93. The maximum atomic E-state index is 13.6. The summed E-state index contributed by atoms with van der Waals surface area (Å²) in [7, 11) is 0. The minimum atomic E-state index is -1.13. The lowest BCUT2D eigenvalue weighted by molar-refractivity contribution is -0.305. The van der Waals surface area contributed by atoms with Crippen LogP contribution in [0.1, 0.15) is 53.1 Å². The number of nitrogens with one attached hydrogen (secondary N) is 1. The molecule has 1 N–H and O–H groups in total. The van der Waals surface area contributed by atoms with Crippen LogP contribution in [0, 0.1) is 6.92 Å². The molecule has 1 aromatic heterocycles. The van der Waals surface area contributed by atoms with Crippen molar-refractivity contribution < 1.29 is 14.7 Å². The number of fused-ring (bicyclic) bond motifs is 1. The fraction of sp³-hybridized carbons (Fsp3) is 0.346. The van der Waals surface area contributed by atoms with E-state index in [0.717, 1.165) is 58.3 Å². The molecule has 3 aromatic rings. The van der Waals surface area contributed by atoms with Gasteiger partial charge in [0.1, 0.15) is 5.82 Å². The van der Waals surface area contributed by atoms with Crippen LogP contribution in [0.4, 0.5) is 5.82 Å². The van der Waals surface area contributed by atoms with Gasteiger partial charge in [0.2, 0.25) is 0 Å². The van der Waals surface area contributed by atoms with E-state index in [4.69, 9.17) is 16.6 Å². The molecular weight excluding hydrogens is 518 g/mol. The van der Waals surface area contributed by atoms with E-state index in [2.05, 4.69) is 26.1 Å². The third-order valence-corrected chi connectivity index (χ3v) is 7.19. The minimum absolute atomic E-state index is 0.116. The number of aliphatic carboxylic acids is 1. The quantitative estimate of drug-likeness (QED) is 0.449. The fourth-order valence-corrected chi connectivity index (χ4v) is 5.27. The first kappa shape index (κ1) is 24.5. The lowest BCUT2D eigenvalue weighted by Crippen LogP contribution is -2.31. The average Bonchev–Trinajstić information content (AvgIpc) is 3.34. The Kier molecular flexibility index (Phi) is 7.73. The molecule has 178 valence electrons. The van der Waals surface area contributed by atoms with Gasteiger partial charge in [0.15, 0.2) is 0 Å². The third kappa shape index (κ3) is 5.36. The van der Waals surface area contributed by atoms with Crippen molar-refractivity contribution in [2.45, 2.75) is 38.5 Å². The molecule has 0 spiro atoms. The fourth-order valence-electron chi connectivity index (χ4n) is 4.62. The van der Waals surface area contributed by atoms with E-state index in [9.17, 15) is 14.7 Å². The first-order valence-corrected chi connectivity index (χ1v) is 12.6. The Bertz CT molecular complexity index is 1230. The van der Waals surface area contributed by atoms with Gasteiger partial charge in [0, 0.05) is 52.0 Å². The van der Waals surface area contributed by atoms with E-state index in [0.29, 0.717) is 17.0 Å². The van der Waals surface area contributed by atoms with Crippen molar-refractivity contribution in [3.63, 3.8) is 0 Å². The third-order valence-electron chi connectivity index (χ3n) is 6.35. The number of hydrogen-bond donors (Lipinski definition) is 1. The number of carboxylic acids is 1. The highest BCUT2D eigenvalue weighted by Gasteiger charge is 2.24. The molecule has 4 rings (SSSR count). The molecule has 0 saturated carbocycles. The van der Waals surface area contributed by atoms with E-state index in [1.807, 2.05) is 43.3 Å². The van der Waals surface area contributed by atoms with E-state index in [1.54, 1.807) is 6.07 Å². The van der Waals surface area contributed by atoms with Crippen molar-refractivity contribution in [1.82, 2.24) is 10.3 Å². The van der Waals surface area contributed by atoms with Gasteiger partial charge in [0.25, 0.3) is 5.91 Å². The standard InChI is InChI=1S/C26H27BrClN3O3/c1-16-24(20-14-18(27)9-10-22(20)30-25(16)31-12-4-5-13-31)26(34)29-15-17(8-11-23(32)33)19-6-2-3-7-21(19)28/h2-3,6-7,9-10,14,17H,4-5,8,11-13,15H2,1H3,(H,29,34)(H,32,33)/p-1/t17-/m0/s1. The largest absolute Gasteiger partial charge is 0.550 e. The van der Waals surface area contributed by atoms with Gasteiger partial charge in [-0.25, -0.2) is 4.98 Å². The van der Waals surface area contributed by atoms with Crippen molar-refractivity contribution in [2.24, 2.45) is 0 Å². The Morgan fingerprint density at radius 3 is 2.65 bits per heavy atom. The molecular formula is C26H26BrClN3O3-. The van der Waals surface area contributed by atoms with Crippen molar-refractivity contribution >= 4 is 56.1 Å². The number of pyridine rings is 1. The maximum absolute atomic E-state index is 13.6. The number of carbonyl (C=O) groups is 2. The first-order valence-electron chi connectivity index (χ1n) is 11.4. The van der Waals surface area contributed by atoms with Crippen molar-refractivity contribution in [3.05, 3.63) is 68.7 Å². The summed E-state index contributed by atoms with van der Waals surface area (Å²) in [4.78, 5) is 31.8. The summed E-state index contributed by atoms with van der Waals surface area (Å²) in [6.07, 6.45) is 2.42. The van der Waals surface area contributed by atoms with Crippen LogP contribution in [0.5, 0.6) is 0 Å². The molecule has 1 aliphatic heterocycles. The molecule has 0 aliphatic carbocycles. The monoisotopic (exact) mass is 542 g/mol. The average molecular weight is 544 g/mol. The molecule has 0 unspecified atom stereocenters. The normalized spacial score (nSPS) is 14.4. The predicted molar refractivity (Wildman–Crippen MR) is 136 cm³/mol. The molecule has 6 nitrogen and oxygen atoms in total. The second kappa shape index (κ2) is 10.7. The van der Waals surface area contributed by atoms with Crippen LogP contribution in [0.3, 0.4) is 0 Å². The summed E-state index contributed by atoms with van der Waals surface area (Å²) >= 11 is 9.90. The van der Waals surface area contributed by atoms with Crippen LogP contribution < -0.4 is 15.3 Å². The molecule has 0 bridgehead atoms. The van der Waals surface area contributed by atoms with Gasteiger partial charge in [0.05, 0.1) is 11.1 Å². The van der Waals surface area contributed by atoms with Crippen LogP contribution in [-0.4, -0.2) is 36.5 Å². The molecule has 8 heteroatoms. The molecule has 1 aliphatic rings. The number of anilines is 1. The van der Waals surface area contributed by atoms with Crippen LogP contribution in [0.25, 0.3) is 10.9 Å². The number of carbonyl (C=O) groups excluding carboxylic acids is 2. The summed E-state index contributed by atoms with van der Waals surface area (Å²) in [5.74, 6) is -0.751. The summed E-state index contributed by atoms with van der Waals surface area (Å²) in [6, 6.07) is 13.1. The SMILES string of the molecule is Cc1c(N2CCCC2)nc2ccc(Br)cc2c1C(=O)NC[C@H](CCC(=O)[O-])c1ccccc1Cl. The summed E-state index contributed by atoms with van der Waals surface area (Å²) in [5, 5.41) is 15.5. The smallest absolute Gasteiger partial charge is 0.252 e. The van der Waals surface area contributed by atoms with Gasteiger partial charge in [-0.05, 0) is 62.4 Å². The second-order valence-corrected chi connectivity index (χ2v) is 9.95. The molecule has 1 amide bonds. The zero-order chi connectivity index (χ0) is 24.2. The zero-order valence-corrected chi connectivity index (χ0v) is 21.3. The Labute approximate surface area is 212 Å². The highest BCUT2D eigenvalue weighted by Crippen LogP contribution is 2.32. The minimum Gasteiger partial charge on any atom is -0.550 e. The summed E-state index contributed by atoms with van der Waals surface area (Å²) in [6.45, 7) is 4.05. The molecule has 2 aromatic carbocycles. The van der Waals surface area contributed by atoms with Gasteiger partial charge in [-0.3, -0.25) is 4.79 Å². The van der Waals surface area contributed by atoms with E-state index in [1.165, 1.54) is 0 Å². The van der Waals surface area contributed by atoms with Crippen molar-refractivity contribution in [3.8, 4) is 0 Å². The van der Waals surface area contributed by atoms with Crippen molar-refractivity contribution in [2.75, 3.05) is 24.5 Å². The van der Waals surface area contributed by atoms with Crippen LogP contribution in [0.2, 0.25) is 5.02 Å². The Balaban J connectivity index is 1.67. The topological polar surface area (TPSA) is 85.4 Å². The van der Waals surface area contributed by atoms with Gasteiger partial charge in [-0.15, -0.1) is 0 Å². The Morgan fingerprint density at radius 1 is 1.21 bits per heavy atom.